The van der Waals surface area contributed by atoms with Crippen molar-refractivity contribution in [3.8, 4) is 17.2 Å². The Labute approximate surface area is 180 Å². The number of hydrogen-bond acceptors (Lipinski definition) is 7. The molecule has 9 heteroatoms. The van der Waals surface area contributed by atoms with Crippen LogP contribution in [0.1, 0.15) is 31.7 Å². The van der Waals surface area contributed by atoms with Gasteiger partial charge < -0.3 is 19.1 Å². The quantitative estimate of drug-likeness (QED) is 0.484. The van der Waals surface area contributed by atoms with Gasteiger partial charge in [0.15, 0.2) is 21.3 Å². The van der Waals surface area contributed by atoms with Crippen molar-refractivity contribution < 1.29 is 27.4 Å². The summed E-state index contributed by atoms with van der Waals surface area (Å²) < 4.78 is 40.6. The van der Waals surface area contributed by atoms with E-state index in [1.165, 1.54) is 0 Å². The number of rotatable bonds is 11. The van der Waals surface area contributed by atoms with Gasteiger partial charge in [-0.05, 0) is 12.5 Å². The highest BCUT2D eigenvalue weighted by Crippen LogP contribution is 2.40. The lowest BCUT2D eigenvalue weighted by molar-refractivity contribution is -0.130. The maximum absolute atomic E-state index is 12.4. The first-order valence-corrected chi connectivity index (χ1v) is 12.2. The van der Waals surface area contributed by atoms with Gasteiger partial charge in [-0.1, -0.05) is 25.8 Å². The molecule has 0 atom stereocenters. The van der Waals surface area contributed by atoms with Crippen molar-refractivity contribution in [2.24, 2.45) is 0 Å². The lowest BCUT2D eigenvalue weighted by Gasteiger charge is -2.35. The molecular weight excluding hydrogens is 408 g/mol. The van der Waals surface area contributed by atoms with E-state index < -0.39 is 9.84 Å². The maximum atomic E-state index is 12.4. The number of amides is 1. The minimum Gasteiger partial charge on any atom is -0.493 e. The summed E-state index contributed by atoms with van der Waals surface area (Å²) in [5.74, 6) is 1.20. The second kappa shape index (κ2) is 11.4. The molecule has 0 radical (unpaired) electrons. The second-order valence-corrected chi connectivity index (χ2v) is 9.63. The third kappa shape index (κ3) is 6.50. The monoisotopic (exact) mass is 442 g/mol. The number of sulfone groups is 1. The van der Waals surface area contributed by atoms with E-state index in [0.717, 1.165) is 18.4 Å². The average molecular weight is 443 g/mol. The Bertz CT molecular complexity index is 804. The van der Waals surface area contributed by atoms with Crippen LogP contribution in [-0.4, -0.2) is 83.1 Å². The van der Waals surface area contributed by atoms with Crippen molar-refractivity contribution in [2.75, 3.05) is 59.0 Å². The van der Waals surface area contributed by atoms with Crippen LogP contribution < -0.4 is 14.2 Å². The minimum absolute atomic E-state index is 0.0889. The second-order valence-electron chi connectivity index (χ2n) is 7.45. The molecule has 30 heavy (non-hydrogen) atoms. The van der Waals surface area contributed by atoms with Gasteiger partial charge in [-0.3, -0.25) is 9.69 Å². The van der Waals surface area contributed by atoms with Gasteiger partial charge in [0.25, 0.3) is 0 Å². The van der Waals surface area contributed by atoms with E-state index in [1.54, 1.807) is 26.2 Å². The Balaban J connectivity index is 1.93. The highest BCUT2D eigenvalue weighted by atomic mass is 32.2. The van der Waals surface area contributed by atoms with E-state index in [0.29, 0.717) is 56.4 Å². The predicted octanol–water partition coefficient (Wildman–Crippen LogP) is 1.96. The summed E-state index contributed by atoms with van der Waals surface area (Å²) >= 11 is 0. The van der Waals surface area contributed by atoms with Crippen molar-refractivity contribution in [3.05, 3.63) is 17.7 Å². The number of piperazine rings is 1. The van der Waals surface area contributed by atoms with Crippen LogP contribution in [0.25, 0.3) is 0 Å². The molecule has 1 heterocycles. The summed E-state index contributed by atoms with van der Waals surface area (Å²) in [5, 5.41) is 0. The standard InChI is InChI=1S/C21H34N2O6S/c1-5-6-7-14-30(25,26)16-19(24)23-12-10-22(11-13-23)15-17-8-9-18(27-2)21(29-4)20(17)28-3/h8-9H,5-7,10-16H2,1-4H3. The molecule has 1 aromatic carbocycles. The zero-order valence-corrected chi connectivity index (χ0v) is 19.3. The zero-order valence-electron chi connectivity index (χ0n) is 18.5. The Morgan fingerprint density at radius 2 is 1.63 bits per heavy atom. The van der Waals surface area contributed by atoms with E-state index in [1.807, 2.05) is 19.1 Å². The van der Waals surface area contributed by atoms with Crippen LogP contribution in [0.5, 0.6) is 17.2 Å². The van der Waals surface area contributed by atoms with Gasteiger partial charge in [0.2, 0.25) is 11.7 Å². The molecule has 0 saturated carbocycles. The molecule has 1 amide bonds. The highest BCUT2D eigenvalue weighted by molar-refractivity contribution is 7.92. The van der Waals surface area contributed by atoms with Crippen molar-refractivity contribution >= 4 is 15.7 Å². The summed E-state index contributed by atoms with van der Waals surface area (Å²) in [6.07, 6.45) is 2.44. The maximum Gasteiger partial charge on any atom is 0.237 e. The van der Waals surface area contributed by atoms with Gasteiger partial charge in [0, 0.05) is 38.3 Å². The van der Waals surface area contributed by atoms with Crippen LogP contribution in [0.2, 0.25) is 0 Å². The first kappa shape index (κ1) is 24.3. The number of hydrogen-bond donors (Lipinski definition) is 0. The average Bonchev–Trinajstić information content (AvgIpc) is 2.73. The van der Waals surface area contributed by atoms with Crippen molar-refractivity contribution in [1.82, 2.24) is 9.80 Å². The van der Waals surface area contributed by atoms with Crippen LogP contribution in [0.15, 0.2) is 12.1 Å². The number of nitrogens with zero attached hydrogens (tertiary/aromatic N) is 2. The van der Waals surface area contributed by atoms with Crippen LogP contribution in [0.4, 0.5) is 0 Å². The first-order chi connectivity index (χ1) is 14.3. The number of unbranched alkanes of at least 4 members (excludes halogenated alkanes) is 2. The fourth-order valence-electron chi connectivity index (χ4n) is 3.61. The van der Waals surface area contributed by atoms with Gasteiger partial charge in [-0.25, -0.2) is 8.42 Å². The summed E-state index contributed by atoms with van der Waals surface area (Å²) in [6.45, 7) is 5.02. The van der Waals surface area contributed by atoms with Crippen molar-refractivity contribution in [3.63, 3.8) is 0 Å². The van der Waals surface area contributed by atoms with Crippen molar-refractivity contribution in [1.29, 1.82) is 0 Å². The van der Waals surface area contributed by atoms with Gasteiger partial charge in [-0.15, -0.1) is 0 Å². The molecule has 170 valence electrons. The molecule has 0 aliphatic carbocycles. The van der Waals surface area contributed by atoms with E-state index in [9.17, 15) is 13.2 Å². The van der Waals surface area contributed by atoms with Crippen LogP contribution in [0.3, 0.4) is 0 Å². The lowest BCUT2D eigenvalue weighted by atomic mass is 10.1. The van der Waals surface area contributed by atoms with Crippen LogP contribution in [0, 0.1) is 0 Å². The summed E-state index contributed by atoms with van der Waals surface area (Å²) in [5.41, 5.74) is 0.966. The van der Waals surface area contributed by atoms with E-state index in [2.05, 4.69) is 4.90 Å². The Morgan fingerprint density at radius 1 is 0.967 bits per heavy atom. The zero-order chi connectivity index (χ0) is 22.1. The SMILES string of the molecule is CCCCCS(=O)(=O)CC(=O)N1CCN(Cc2ccc(OC)c(OC)c2OC)CC1. The molecule has 1 saturated heterocycles. The topological polar surface area (TPSA) is 85.4 Å². The molecule has 8 nitrogen and oxygen atoms in total. The summed E-state index contributed by atoms with van der Waals surface area (Å²) in [7, 11) is 1.42. The highest BCUT2D eigenvalue weighted by Gasteiger charge is 2.26. The Kier molecular flexibility index (Phi) is 9.23. The predicted molar refractivity (Wildman–Crippen MR) is 116 cm³/mol. The van der Waals surface area contributed by atoms with E-state index >= 15 is 0 Å². The third-order valence-corrected chi connectivity index (χ3v) is 6.90. The Morgan fingerprint density at radius 3 is 2.20 bits per heavy atom. The molecule has 0 spiro atoms. The number of benzene rings is 1. The molecule has 0 bridgehead atoms. The summed E-state index contributed by atoms with van der Waals surface area (Å²) in [6, 6.07) is 3.79. The van der Waals surface area contributed by atoms with Gasteiger partial charge in [-0.2, -0.15) is 0 Å². The van der Waals surface area contributed by atoms with Crippen LogP contribution >= 0.6 is 0 Å². The molecule has 1 aliphatic rings. The number of methoxy groups -OCH3 is 3. The lowest BCUT2D eigenvalue weighted by Crippen LogP contribution is -2.49. The molecular formula is C21H34N2O6S. The smallest absolute Gasteiger partial charge is 0.237 e. The summed E-state index contributed by atoms with van der Waals surface area (Å²) in [4.78, 5) is 16.3. The molecule has 1 fully saturated rings. The number of carbonyl (C=O) groups excluding carboxylic acids is 1. The molecule has 1 aliphatic heterocycles. The fraction of sp³-hybridized carbons (Fsp3) is 0.667. The molecule has 0 N–H and O–H groups in total. The normalized spacial score (nSPS) is 15.1. The van der Waals surface area contributed by atoms with Gasteiger partial charge >= 0.3 is 0 Å². The molecule has 1 aromatic rings. The first-order valence-electron chi connectivity index (χ1n) is 10.3. The van der Waals surface area contributed by atoms with Crippen molar-refractivity contribution in [2.45, 2.75) is 32.7 Å². The van der Waals surface area contributed by atoms with Gasteiger partial charge in [0.1, 0.15) is 5.75 Å². The largest absolute Gasteiger partial charge is 0.493 e. The molecule has 0 unspecified atom stereocenters. The molecule has 2 rings (SSSR count). The molecule has 0 aromatic heterocycles. The van der Waals surface area contributed by atoms with Gasteiger partial charge in [0.05, 0.1) is 27.1 Å². The van der Waals surface area contributed by atoms with Crippen LogP contribution in [-0.2, 0) is 21.2 Å². The van der Waals surface area contributed by atoms with E-state index in [4.69, 9.17) is 14.2 Å². The Hall–Kier alpha value is -2.00. The van der Waals surface area contributed by atoms with E-state index in [-0.39, 0.29) is 17.4 Å². The minimum atomic E-state index is -3.33. The fourth-order valence-corrected chi connectivity index (χ4v) is 4.95. The number of carbonyl (C=O) groups is 1. The third-order valence-electron chi connectivity index (χ3n) is 5.31. The number of ether oxygens (including phenoxy) is 3.